The molecule has 2 aliphatic heterocycles. The predicted octanol–water partition coefficient (Wildman–Crippen LogP) is 3.54. The number of amides is 6. The molecule has 10 atom stereocenters. The van der Waals surface area contributed by atoms with Gasteiger partial charge in [0.25, 0.3) is 0 Å². The molecule has 3 aliphatic rings. The van der Waals surface area contributed by atoms with Crippen LogP contribution in [0.5, 0.6) is 0 Å². The second kappa shape index (κ2) is 22.6. The van der Waals surface area contributed by atoms with Gasteiger partial charge in [-0.15, -0.1) is 0 Å². The highest BCUT2D eigenvalue weighted by Crippen LogP contribution is 2.33. The summed E-state index contributed by atoms with van der Waals surface area (Å²) in [6.45, 7) is 11.3. The highest BCUT2D eigenvalue weighted by atomic mass is 32.2. The van der Waals surface area contributed by atoms with Crippen molar-refractivity contribution < 1.29 is 34.2 Å². The highest BCUT2D eigenvalue weighted by Gasteiger charge is 2.43. The third-order valence-electron chi connectivity index (χ3n) is 12.1. The van der Waals surface area contributed by atoms with Crippen molar-refractivity contribution in [1.29, 1.82) is 0 Å². The van der Waals surface area contributed by atoms with E-state index in [-0.39, 0.29) is 60.6 Å². The Labute approximate surface area is 343 Å². The number of aliphatic hydroxyl groups excluding tert-OH is 2. The molecule has 0 bridgehead atoms. The van der Waals surface area contributed by atoms with Crippen LogP contribution < -0.4 is 31.9 Å². The zero-order valence-corrected chi connectivity index (χ0v) is 35.6. The number of aromatic nitrogens is 1. The Morgan fingerprint density at radius 3 is 2.26 bits per heavy atom. The van der Waals surface area contributed by atoms with Gasteiger partial charge in [-0.1, -0.05) is 92.6 Å². The quantitative estimate of drug-likeness (QED) is 0.0635. The van der Waals surface area contributed by atoms with Gasteiger partial charge in [0, 0.05) is 23.6 Å². The van der Waals surface area contributed by atoms with Crippen molar-refractivity contribution >= 4 is 41.4 Å². The number of thioether (sulfide) groups is 1. The summed E-state index contributed by atoms with van der Waals surface area (Å²) < 4.78 is 0. The van der Waals surface area contributed by atoms with Gasteiger partial charge in [0.2, 0.25) is 23.6 Å². The maximum Gasteiger partial charge on any atom is 0.315 e. The Morgan fingerprint density at radius 1 is 0.877 bits per heavy atom. The van der Waals surface area contributed by atoms with Crippen molar-refractivity contribution in [2.24, 2.45) is 29.6 Å². The maximum absolute atomic E-state index is 14.0. The van der Waals surface area contributed by atoms with Crippen LogP contribution in [0.25, 0.3) is 0 Å². The molecule has 1 aromatic heterocycles. The van der Waals surface area contributed by atoms with Crippen molar-refractivity contribution in [3.63, 3.8) is 0 Å². The van der Waals surface area contributed by atoms with Gasteiger partial charge in [-0.05, 0) is 55.1 Å². The molecule has 2 saturated heterocycles. The van der Waals surface area contributed by atoms with Crippen molar-refractivity contribution in [2.45, 2.75) is 166 Å². The van der Waals surface area contributed by atoms with E-state index in [1.54, 1.807) is 32.2 Å². The van der Waals surface area contributed by atoms with E-state index in [1.165, 1.54) is 0 Å². The largest absolute Gasteiger partial charge is 0.390 e. The highest BCUT2D eigenvalue weighted by molar-refractivity contribution is 8.00. The molecular weight excluding hydrogens is 747 g/mol. The smallest absolute Gasteiger partial charge is 0.315 e. The molecular formula is C42H69N7O7S. The third kappa shape index (κ3) is 13.6. The first-order valence-electron chi connectivity index (χ1n) is 21.3. The Balaban J connectivity index is 1.40. The normalized spacial score (nSPS) is 23.3. The topological polar surface area (TPSA) is 211 Å². The van der Waals surface area contributed by atoms with Gasteiger partial charge < -0.3 is 42.1 Å². The standard InChI is InChI=1S/C42H69N7O7S/c1-7-26(6)35(40(54)44-22-28-17-13-14-20-43-28)48-39(53)33(24(2)3)38(52)37(51)29(21-27-15-9-8-10-16-27)45-41(55)34(25(4)5)47-32(50)19-12-11-18-31-36-30(23-57-31)46-42(56)49-36/h13-14,17,20,24-27,29-31,33-38,51-52H,7-12,15-16,18-19,21-23H2,1-6H3,(H,44,54)(H,45,55)(H,47,50)(H,48,53)(H2,46,49,56)/t26-,29+,30-,31-,33-,34+,35+,36?,37-,38-/m1/s1. The number of nitrogens with one attached hydrogen (secondary N) is 6. The first-order chi connectivity index (χ1) is 27.2. The predicted molar refractivity (Wildman–Crippen MR) is 222 cm³/mol. The number of nitrogens with zero attached hydrogens (tertiary/aromatic N) is 1. The molecule has 4 rings (SSSR count). The minimum Gasteiger partial charge on any atom is -0.390 e. The molecule has 0 aromatic carbocycles. The lowest BCUT2D eigenvalue weighted by Gasteiger charge is -2.37. The number of urea groups is 1. The van der Waals surface area contributed by atoms with Crippen molar-refractivity contribution in [1.82, 2.24) is 36.9 Å². The van der Waals surface area contributed by atoms with E-state index < -0.39 is 54.0 Å². The molecule has 1 aliphatic carbocycles. The van der Waals surface area contributed by atoms with Gasteiger partial charge in [-0.25, -0.2) is 4.79 Å². The van der Waals surface area contributed by atoms with E-state index >= 15 is 0 Å². The monoisotopic (exact) mass is 815 g/mol. The van der Waals surface area contributed by atoms with Crippen LogP contribution in [0, 0.1) is 29.6 Å². The molecule has 0 radical (unpaired) electrons. The fraction of sp³-hybridized carbons (Fsp3) is 0.762. The van der Waals surface area contributed by atoms with Gasteiger partial charge in [0.15, 0.2) is 0 Å². The second-order valence-corrected chi connectivity index (χ2v) is 18.4. The molecule has 15 heteroatoms. The van der Waals surface area contributed by atoms with Crippen LogP contribution in [0.3, 0.4) is 0 Å². The molecule has 1 unspecified atom stereocenters. The summed E-state index contributed by atoms with van der Waals surface area (Å²) in [5.41, 5.74) is 0.677. The fourth-order valence-electron chi connectivity index (χ4n) is 8.44. The van der Waals surface area contributed by atoms with Gasteiger partial charge in [-0.3, -0.25) is 24.2 Å². The number of unbranched alkanes of at least 4 members (excludes halogenated alkanes) is 1. The molecule has 320 valence electrons. The first-order valence-corrected chi connectivity index (χ1v) is 22.4. The minimum atomic E-state index is -1.55. The Bertz CT molecular complexity index is 1460. The molecule has 1 saturated carbocycles. The zero-order chi connectivity index (χ0) is 41.6. The SMILES string of the molecule is CC[C@@H](C)[C@H](NC(=O)[C@H](C(C)C)[C@@H](O)[C@H](O)[C@H](CC1CCCCC1)NC(=O)[C@@H](NC(=O)CCCC[C@H]1SC[C@H]2NC(=O)NC21)C(C)C)C(=O)NCc1ccccn1. The van der Waals surface area contributed by atoms with Crippen molar-refractivity contribution in [3.8, 4) is 0 Å². The summed E-state index contributed by atoms with van der Waals surface area (Å²) in [5, 5.41) is 41.7. The molecule has 14 nitrogen and oxygen atoms in total. The number of hydrogen-bond acceptors (Lipinski definition) is 9. The molecule has 3 fully saturated rings. The van der Waals surface area contributed by atoms with Crippen molar-refractivity contribution in [3.05, 3.63) is 30.1 Å². The fourth-order valence-corrected chi connectivity index (χ4v) is 9.98. The Hall–Kier alpha value is -3.43. The van der Waals surface area contributed by atoms with Crippen LogP contribution in [0.4, 0.5) is 4.79 Å². The Morgan fingerprint density at radius 2 is 1.61 bits per heavy atom. The number of pyridine rings is 1. The molecule has 57 heavy (non-hydrogen) atoms. The van der Waals surface area contributed by atoms with E-state index in [9.17, 15) is 34.2 Å². The molecule has 8 N–H and O–H groups in total. The van der Waals surface area contributed by atoms with E-state index in [0.717, 1.165) is 50.7 Å². The lowest BCUT2D eigenvalue weighted by molar-refractivity contribution is -0.141. The van der Waals surface area contributed by atoms with Crippen molar-refractivity contribution in [2.75, 3.05) is 5.75 Å². The lowest BCUT2D eigenvalue weighted by atomic mass is 9.79. The van der Waals surface area contributed by atoms with Gasteiger partial charge in [0.05, 0.1) is 42.4 Å². The zero-order valence-electron chi connectivity index (χ0n) is 34.8. The van der Waals surface area contributed by atoms with Crippen LogP contribution in [-0.4, -0.2) is 98.3 Å². The number of carbonyl (C=O) groups excluding carboxylic acids is 5. The van der Waals surface area contributed by atoms with Crippen LogP contribution in [0.2, 0.25) is 0 Å². The Kier molecular flexibility index (Phi) is 18.4. The van der Waals surface area contributed by atoms with Crippen LogP contribution in [0.1, 0.15) is 118 Å². The molecule has 6 amide bonds. The van der Waals surface area contributed by atoms with Gasteiger partial charge >= 0.3 is 6.03 Å². The number of carbonyl (C=O) groups is 5. The summed E-state index contributed by atoms with van der Waals surface area (Å²) in [7, 11) is 0. The molecule has 0 spiro atoms. The van der Waals surface area contributed by atoms with Gasteiger partial charge in [0.1, 0.15) is 18.2 Å². The maximum atomic E-state index is 14.0. The van der Waals surface area contributed by atoms with E-state index in [0.29, 0.717) is 30.2 Å². The van der Waals surface area contributed by atoms with E-state index in [2.05, 4.69) is 36.9 Å². The average Bonchev–Trinajstić information content (AvgIpc) is 3.75. The van der Waals surface area contributed by atoms with E-state index in [4.69, 9.17) is 0 Å². The average molecular weight is 816 g/mol. The van der Waals surface area contributed by atoms with E-state index in [1.807, 2.05) is 45.5 Å². The minimum absolute atomic E-state index is 0.113. The summed E-state index contributed by atoms with van der Waals surface area (Å²) >= 11 is 1.84. The summed E-state index contributed by atoms with van der Waals surface area (Å²) in [4.78, 5) is 70.5. The lowest BCUT2D eigenvalue weighted by Crippen LogP contribution is -2.59. The molecule has 3 heterocycles. The van der Waals surface area contributed by atoms with Crippen LogP contribution in [-0.2, 0) is 25.7 Å². The van der Waals surface area contributed by atoms with Crippen LogP contribution >= 0.6 is 11.8 Å². The summed E-state index contributed by atoms with van der Waals surface area (Å²) in [5.74, 6) is -2.50. The summed E-state index contributed by atoms with van der Waals surface area (Å²) in [6.07, 6.45) is 7.28. The van der Waals surface area contributed by atoms with Gasteiger partial charge in [-0.2, -0.15) is 11.8 Å². The summed E-state index contributed by atoms with van der Waals surface area (Å²) in [6, 6.07) is 2.93. The van der Waals surface area contributed by atoms with Crippen LogP contribution in [0.15, 0.2) is 24.4 Å². The molecule has 1 aromatic rings. The third-order valence-corrected chi connectivity index (χ3v) is 13.6. The first kappa shape index (κ1) is 46.3. The number of rotatable bonds is 22. The number of fused-ring (bicyclic) bond motifs is 1. The second-order valence-electron chi connectivity index (χ2n) is 17.2. The number of aliphatic hydroxyl groups is 2. The number of hydrogen-bond donors (Lipinski definition) is 8.